The van der Waals surface area contributed by atoms with Crippen LogP contribution in [0.3, 0.4) is 0 Å². The van der Waals surface area contributed by atoms with Gasteiger partial charge in [0.1, 0.15) is 28.0 Å². The van der Waals surface area contributed by atoms with Crippen LogP contribution in [-0.2, 0) is 22.5 Å². The lowest BCUT2D eigenvalue weighted by molar-refractivity contribution is 0.0379. The summed E-state index contributed by atoms with van der Waals surface area (Å²) in [7, 11) is 0. The molecule has 3 rings (SSSR count). The summed E-state index contributed by atoms with van der Waals surface area (Å²) in [6.07, 6.45) is 0.570. The summed E-state index contributed by atoms with van der Waals surface area (Å²) in [5, 5.41) is 2.86. The molecular weight excluding hydrogens is 470 g/mol. The van der Waals surface area contributed by atoms with E-state index in [1.54, 1.807) is 33.8 Å². The van der Waals surface area contributed by atoms with Crippen molar-refractivity contribution in [3.05, 3.63) is 69.5 Å². The lowest BCUT2D eigenvalue weighted by Crippen LogP contribution is -2.16. The maximum Gasteiger partial charge on any atom is 0.348 e. The van der Waals surface area contributed by atoms with Crippen molar-refractivity contribution in [3.8, 4) is 5.75 Å². The van der Waals surface area contributed by atoms with Gasteiger partial charge in [0, 0.05) is 0 Å². The van der Waals surface area contributed by atoms with Crippen LogP contribution in [0, 0.1) is 6.92 Å². The van der Waals surface area contributed by atoms with Gasteiger partial charge in [0.2, 0.25) is 0 Å². The van der Waals surface area contributed by atoms with Crippen LogP contribution in [0.5, 0.6) is 5.75 Å². The Kier molecular flexibility index (Phi) is 8.70. The number of hydrogen-bond donors (Lipinski definition) is 1. The summed E-state index contributed by atoms with van der Waals surface area (Å²) in [6, 6.07) is 10.9. The summed E-state index contributed by atoms with van der Waals surface area (Å²) < 4.78 is 21.8. The predicted molar refractivity (Wildman–Crippen MR) is 132 cm³/mol. The van der Waals surface area contributed by atoms with Crippen molar-refractivity contribution in [3.63, 3.8) is 0 Å². The molecule has 186 valence electrons. The average molecular weight is 500 g/mol. The first-order valence-electron chi connectivity index (χ1n) is 11.4. The van der Waals surface area contributed by atoms with Gasteiger partial charge < -0.3 is 23.9 Å². The molecule has 1 N–H and O–H groups in total. The van der Waals surface area contributed by atoms with Gasteiger partial charge in [0.25, 0.3) is 5.91 Å². The number of thiophene rings is 1. The van der Waals surface area contributed by atoms with E-state index in [1.807, 2.05) is 24.3 Å². The van der Waals surface area contributed by atoms with Crippen molar-refractivity contribution >= 4 is 34.2 Å². The Balaban J connectivity index is 1.76. The maximum absolute atomic E-state index is 12.9. The van der Waals surface area contributed by atoms with Gasteiger partial charge in [-0.15, -0.1) is 11.3 Å². The zero-order valence-electron chi connectivity index (χ0n) is 20.4. The van der Waals surface area contributed by atoms with E-state index in [9.17, 15) is 14.4 Å². The van der Waals surface area contributed by atoms with Gasteiger partial charge in [0.05, 0.1) is 18.3 Å². The molecule has 0 aliphatic heterocycles. The number of nitrogens with one attached hydrogen (secondary N) is 1. The third-order valence-electron chi connectivity index (χ3n) is 4.98. The molecule has 0 aliphatic carbocycles. The smallest absolute Gasteiger partial charge is 0.348 e. The van der Waals surface area contributed by atoms with Crippen molar-refractivity contribution < 1.29 is 33.0 Å². The summed E-state index contributed by atoms with van der Waals surface area (Å²) in [4.78, 5) is 38.2. The highest BCUT2D eigenvalue weighted by molar-refractivity contribution is 7.18. The van der Waals surface area contributed by atoms with Crippen LogP contribution in [0.15, 0.2) is 40.8 Å². The topological polar surface area (TPSA) is 104 Å². The van der Waals surface area contributed by atoms with E-state index in [4.69, 9.17) is 18.6 Å². The molecule has 35 heavy (non-hydrogen) atoms. The van der Waals surface area contributed by atoms with Gasteiger partial charge in [-0.1, -0.05) is 19.1 Å². The number of rotatable bonds is 10. The molecule has 1 aromatic carbocycles. The SMILES string of the molecule is CCOC(=O)c1sc(NC(=O)c2ccc(COc3ccc(CC)cc3)o2)c(C(=O)OC(C)C)c1C. The summed E-state index contributed by atoms with van der Waals surface area (Å²) >= 11 is 0.956. The average Bonchev–Trinajstić information content (AvgIpc) is 3.42. The highest BCUT2D eigenvalue weighted by Gasteiger charge is 2.28. The Bertz CT molecular complexity index is 1190. The second-order valence-corrected chi connectivity index (χ2v) is 8.96. The minimum absolute atomic E-state index is 0.0387. The van der Waals surface area contributed by atoms with Gasteiger partial charge in [-0.05, 0) is 69.5 Å². The Hall–Kier alpha value is -3.59. The third-order valence-corrected chi connectivity index (χ3v) is 6.17. The van der Waals surface area contributed by atoms with Crippen LogP contribution in [0.2, 0.25) is 0 Å². The number of carbonyl (C=O) groups is 3. The van der Waals surface area contributed by atoms with Crippen LogP contribution < -0.4 is 10.1 Å². The van der Waals surface area contributed by atoms with Crippen molar-refractivity contribution in [1.82, 2.24) is 0 Å². The molecule has 0 radical (unpaired) electrons. The molecule has 0 fully saturated rings. The van der Waals surface area contributed by atoms with Crippen LogP contribution in [-0.4, -0.2) is 30.6 Å². The number of hydrogen-bond acceptors (Lipinski definition) is 8. The van der Waals surface area contributed by atoms with Crippen molar-refractivity contribution in [2.24, 2.45) is 0 Å². The Labute approximate surface area is 208 Å². The van der Waals surface area contributed by atoms with Crippen LogP contribution >= 0.6 is 11.3 Å². The maximum atomic E-state index is 12.9. The molecule has 0 spiro atoms. The summed E-state index contributed by atoms with van der Waals surface area (Å²) in [5.74, 6) is -0.585. The minimum Gasteiger partial charge on any atom is -0.486 e. The molecule has 8 nitrogen and oxygen atoms in total. The van der Waals surface area contributed by atoms with Crippen molar-refractivity contribution in [2.45, 2.75) is 53.8 Å². The molecule has 1 amide bonds. The highest BCUT2D eigenvalue weighted by atomic mass is 32.1. The first-order chi connectivity index (χ1) is 16.7. The molecule has 0 aliphatic rings. The fourth-order valence-corrected chi connectivity index (χ4v) is 4.31. The Morgan fingerprint density at radius 1 is 1.03 bits per heavy atom. The first kappa shape index (κ1) is 26.0. The lowest BCUT2D eigenvalue weighted by atomic mass is 10.1. The zero-order valence-corrected chi connectivity index (χ0v) is 21.2. The van der Waals surface area contributed by atoms with Gasteiger partial charge in [-0.25, -0.2) is 9.59 Å². The van der Waals surface area contributed by atoms with Gasteiger partial charge >= 0.3 is 11.9 Å². The first-order valence-corrected chi connectivity index (χ1v) is 12.2. The molecule has 0 saturated carbocycles. The van der Waals surface area contributed by atoms with Crippen molar-refractivity contribution in [1.29, 1.82) is 0 Å². The summed E-state index contributed by atoms with van der Waals surface area (Å²) in [5.41, 5.74) is 1.71. The number of esters is 2. The number of benzene rings is 1. The van der Waals surface area contributed by atoms with E-state index in [1.165, 1.54) is 11.6 Å². The highest BCUT2D eigenvalue weighted by Crippen LogP contribution is 2.35. The quantitative estimate of drug-likeness (QED) is 0.352. The molecular formula is C26H29NO7S. The molecule has 0 saturated heterocycles. The van der Waals surface area contributed by atoms with E-state index >= 15 is 0 Å². The van der Waals surface area contributed by atoms with E-state index in [0.717, 1.165) is 17.8 Å². The van der Waals surface area contributed by atoms with E-state index in [0.29, 0.717) is 17.1 Å². The van der Waals surface area contributed by atoms with Gasteiger partial charge in [-0.2, -0.15) is 0 Å². The minimum atomic E-state index is -0.637. The lowest BCUT2D eigenvalue weighted by Gasteiger charge is -2.10. The molecule has 9 heteroatoms. The number of carbonyl (C=O) groups excluding carboxylic acids is 3. The van der Waals surface area contributed by atoms with E-state index in [-0.39, 0.29) is 40.5 Å². The number of furan rings is 1. The second kappa shape index (κ2) is 11.7. The largest absolute Gasteiger partial charge is 0.486 e. The number of ether oxygens (including phenoxy) is 3. The fraction of sp³-hybridized carbons (Fsp3) is 0.346. The molecule has 0 bridgehead atoms. The molecule has 2 aromatic heterocycles. The Morgan fingerprint density at radius 3 is 2.37 bits per heavy atom. The van der Waals surface area contributed by atoms with Crippen LogP contribution in [0.1, 0.15) is 75.2 Å². The van der Waals surface area contributed by atoms with Crippen molar-refractivity contribution in [2.75, 3.05) is 11.9 Å². The number of anilines is 1. The van der Waals surface area contributed by atoms with Gasteiger partial charge in [-0.3, -0.25) is 4.79 Å². The second-order valence-electron chi connectivity index (χ2n) is 7.94. The molecule has 0 atom stereocenters. The standard InChI is InChI=1S/C26H29NO7S/c1-6-17-8-10-18(11-9-17)32-14-19-12-13-20(34-19)23(28)27-24-21(25(29)33-15(3)4)16(5)22(35-24)26(30)31-7-2/h8-13,15H,6-7,14H2,1-5H3,(H,27,28). The van der Waals surface area contributed by atoms with Gasteiger partial charge in [0.15, 0.2) is 5.76 Å². The number of amides is 1. The fourth-order valence-electron chi connectivity index (χ4n) is 3.23. The van der Waals surface area contributed by atoms with Crippen LogP contribution in [0.25, 0.3) is 0 Å². The monoisotopic (exact) mass is 499 g/mol. The number of aryl methyl sites for hydroxylation is 1. The zero-order chi connectivity index (χ0) is 25.5. The predicted octanol–water partition coefficient (Wildman–Crippen LogP) is 5.79. The molecule has 0 unspecified atom stereocenters. The molecule has 2 heterocycles. The Morgan fingerprint density at radius 2 is 1.74 bits per heavy atom. The molecule has 3 aromatic rings. The third kappa shape index (κ3) is 6.51. The van der Waals surface area contributed by atoms with E-state index < -0.39 is 17.8 Å². The summed E-state index contributed by atoms with van der Waals surface area (Å²) in [6.45, 7) is 9.15. The van der Waals surface area contributed by atoms with Crippen LogP contribution in [0.4, 0.5) is 5.00 Å². The van der Waals surface area contributed by atoms with E-state index in [2.05, 4.69) is 12.2 Å². The normalized spacial score (nSPS) is 10.8.